The molecule has 0 atom stereocenters. The van der Waals surface area contributed by atoms with E-state index in [9.17, 15) is 9.59 Å². The molecule has 4 nitrogen and oxygen atoms in total. The number of carbonyl (C=O) groups excluding carboxylic acids is 1. The Morgan fingerprint density at radius 3 is 2.81 bits per heavy atom. The number of esters is 1. The average molecular weight is 288 g/mol. The second kappa shape index (κ2) is 7.62. The fraction of sp³-hybridized carbons (Fsp3) is 0.412. The van der Waals surface area contributed by atoms with E-state index in [1.54, 1.807) is 13.0 Å². The minimum Gasteiger partial charge on any atom is -0.466 e. The summed E-state index contributed by atoms with van der Waals surface area (Å²) in [7, 11) is 0. The SMILES string of the molecule is CCOC(=O)CCCCCc1cc2ccccc2oc1=O. The Balaban J connectivity index is 1.85. The highest BCUT2D eigenvalue weighted by Crippen LogP contribution is 2.14. The van der Waals surface area contributed by atoms with Crippen LogP contribution in [0.15, 0.2) is 39.5 Å². The van der Waals surface area contributed by atoms with Crippen molar-refractivity contribution >= 4 is 16.9 Å². The first-order valence-electron chi connectivity index (χ1n) is 7.38. The average Bonchev–Trinajstić information content (AvgIpc) is 2.47. The van der Waals surface area contributed by atoms with Gasteiger partial charge in [0.2, 0.25) is 0 Å². The number of aryl methyl sites for hydroxylation is 1. The predicted molar refractivity (Wildman–Crippen MR) is 81.3 cm³/mol. The van der Waals surface area contributed by atoms with Crippen LogP contribution in [0.4, 0.5) is 0 Å². The van der Waals surface area contributed by atoms with Gasteiger partial charge < -0.3 is 9.15 Å². The number of para-hydroxylation sites is 1. The number of benzene rings is 1. The standard InChI is InChI=1S/C17H20O4/c1-2-20-16(18)11-5-3-4-9-14-12-13-8-6-7-10-15(13)21-17(14)19/h6-8,10,12H,2-5,9,11H2,1H3. The zero-order chi connectivity index (χ0) is 15.1. The van der Waals surface area contributed by atoms with E-state index in [-0.39, 0.29) is 11.6 Å². The Morgan fingerprint density at radius 2 is 2.00 bits per heavy atom. The Labute approximate surface area is 123 Å². The number of ether oxygens (including phenoxy) is 1. The monoisotopic (exact) mass is 288 g/mol. The van der Waals surface area contributed by atoms with E-state index >= 15 is 0 Å². The summed E-state index contributed by atoms with van der Waals surface area (Å²) in [6, 6.07) is 9.39. The molecule has 2 aromatic rings. The van der Waals surface area contributed by atoms with Crippen molar-refractivity contribution in [2.24, 2.45) is 0 Å². The zero-order valence-corrected chi connectivity index (χ0v) is 12.3. The van der Waals surface area contributed by atoms with Crippen LogP contribution >= 0.6 is 0 Å². The van der Waals surface area contributed by atoms with E-state index < -0.39 is 0 Å². The Morgan fingerprint density at radius 1 is 1.19 bits per heavy atom. The molecule has 0 bridgehead atoms. The molecule has 112 valence electrons. The van der Waals surface area contributed by atoms with Crippen molar-refractivity contribution in [3.05, 3.63) is 46.3 Å². The molecule has 0 radical (unpaired) electrons. The Hall–Kier alpha value is -2.10. The summed E-state index contributed by atoms with van der Waals surface area (Å²) >= 11 is 0. The maximum atomic E-state index is 11.8. The maximum Gasteiger partial charge on any atom is 0.339 e. The van der Waals surface area contributed by atoms with Crippen molar-refractivity contribution in [2.75, 3.05) is 6.61 Å². The van der Waals surface area contributed by atoms with E-state index in [0.29, 0.717) is 30.6 Å². The number of carbonyl (C=O) groups is 1. The lowest BCUT2D eigenvalue weighted by atomic mass is 10.1. The molecule has 4 heteroatoms. The van der Waals surface area contributed by atoms with Gasteiger partial charge in [0.05, 0.1) is 6.61 Å². The van der Waals surface area contributed by atoms with E-state index in [4.69, 9.17) is 9.15 Å². The fourth-order valence-electron chi connectivity index (χ4n) is 2.27. The minimum atomic E-state index is -0.265. The molecule has 0 saturated carbocycles. The van der Waals surface area contributed by atoms with Crippen LogP contribution in [-0.4, -0.2) is 12.6 Å². The largest absolute Gasteiger partial charge is 0.466 e. The molecular weight excluding hydrogens is 268 g/mol. The lowest BCUT2D eigenvalue weighted by Crippen LogP contribution is -2.07. The van der Waals surface area contributed by atoms with E-state index in [2.05, 4.69) is 0 Å². The molecule has 0 N–H and O–H groups in total. The van der Waals surface area contributed by atoms with Crippen LogP contribution in [0.25, 0.3) is 11.0 Å². The molecule has 0 saturated heterocycles. The van der Waals surface area contributed by atoms with Gasteiger partial charge in [-0.15, -0.1) is 0 Å². The van der Waals surface area contributed by atoms with Gasteiger partial charge in [-0.05, 0) is 38.3 Å². The van der Waals surface area contributed by atoms with E-state index in [1.165, 1.54) is 0 Å². The van der Waals surface area contributed by atoms with Crippen LogP contribution in [0.2, 0.25) is 0 Å². The molecule has 0 aliphatic carbocycles. The normalized spacial score (nSPS) is 10.7. The van der Waals surface area contributed by atoms with Crippen LogP contribution < -0.4 is 5.63 Å². The van der Waals surface area contributed by atoms with Gasteiger partial charge >= 0.3 is 11.6 Å². The van der Waals surface area contributed by atoms with Gasteiger partial charge in [0.25, 0.3) is 0 Å². The number of unbranched alkanes of at least 4 members (excludes halogenated alkanes) is 2. The van der Waals surface area contributed by atoms with Crippen molar-refractivity contribution in [1.29, 1.82) is 0 Å². The Bertz CT molecular complexity index is 657. The number of rotatable bonds is 7. The van der Waals surface area contributed by atoms with Gasteiger partial charge in [0.1, 0.15) is 5.58 Å². The molecule has 1 aromatic heterocycles. The first-order valence-corrected chi connectivity index (χ1v) is 7.38. The summed E-state index contributed by atoms with van der Waals surface area (Å²) in [6.07, 6.45) is 3.67. The van der Waals surface area contributed by atoms with Crippen molar-refractivity contribution < 1.29 is 13.9 Å². The van der Waals surface area contributed by atoms with Gasteiger partial charge in [-0.25, -0.2) is 4.79 Å². The second-order valence-electron chi connectivity index (χ2n) is 4.96. The molecular formula is C17H20O4. The van der Waals surface area contributed by atoms with Crippen molar-refractivity contribution in [3.8, 4) is 0 Å². The molecule has 0 fully saturated rings. The van der Waals surface area contributed by atoms with Gasteiger partial charge in [-0.3, -0.25) is 4.79 Å². The van der Waals surface area contributed by atoms with Crippen LogP contribution in [0.1, 0.15) is 38.2 Å². The van der Waals surface area contributed by atoms with Gasteiger partial charge in [0, 0.05) is 17.4 Å². The van der Waals surface area contributed by atoms with Crippen molar-refractivity contribution in [1.82, 2.24) is 0 Å². The van der Waals surface area contributed by atoms with Crippen LogP contribution in [0.3, 0.4) is 0 Å². The second-order valence-corrected chi connectivity index (χ2v) is 4.96. The lowest BCUT2D eigenvalue weighted by Gasteiger charge is -2.03. The molecule has 1 aromatic carbocycles. The summed E-state index contributed by atoms with van der Waals surface area (Å²) in [5.74, 6) is -0.150. The summed E-state index contributed by atoms with van der Waals surface area (Å²) in [5, 5.41) is 0.943. The molecule has 0 spiro atoms. The van der Waals surface area contributed by atoms with E-state index in [1.807, 2.05) is 24.3 Å². The summed E-state index contributed by atoms with van der Waals surface area (Å²) < 4.78 is 10.2. The van der Waals surface area contributed by atoms with Crippen LogP contribution in [0, 0.1) is 0 Å². The molecule has 21 heavy (non-hydrogen) atoms. The van der Waals surface area contributed by atoms with Gasteiger partial charge in [-0.1, -0.05) is 24.6 Å². The highest BCUT2D eigenvalue weighted by atomic mass is 16.5. The molecule has 0 aliphatic heterocycles. The predicted octanol–water partition coefficient (Wildman–Crippen LogP) is 3.46. The summed E-state index contributed by atoms with van der Waals surface area (Å²) in [4.78, 5) is 23.0. The summed E-state index contributed by atoms with van der Waals surface area (Å²) in [5.41, 5.74) is 1.05. The van der Waals surface area contributed by atoms with E-state index in [0.717, 1.165) is 24.6 Å². The van der Waals surface area contributed by atoms with Gasteiger partial charge in [0.15, 0.2) is 0 Å². The quantitative estimate of drug-likeness (QED) is 0.445. The number of hydrogen-bond acceptors (Lipinski definition) is 4. The van der Waals surface area contributed by atoms with Crippen LogP contribution in [-0.2, 0) is 16.0 Å². The smallest absolute Gasteiger partial charge is 0.339 e. The minimum absolute atomic E-state index is 0.150. The topological polar surface area (TPSA) is 56.5 Å². The third kappa shape index (κ3) is 4.45. The zero-order valence-electron chi connectivity index (χ0n) is 12.3. The first kappa shape index (κ1) is 15.3. The molecule has 0 aliphatic rings. The molecule has 1 heterocycles. The fourth-order valence-corrected chi connectivity index (χ4v) is 2.27. The Kier molecular flexibility index (Phi) is 5.55. The molecule has 0 amide bonds. The summed E-state index contributed by atoms with van der Waals surface area (Å²) in [6.45, 7) is 2.23. The molecule has 2 rings (SSSR count). The molecule has 0 unspecified atom stereocenters. The van der Waals surface area contributed by atoms with Crippen LogP contribution in [0.5, 0.6) is 0 Å². The highest BCUT2D eigenvalue weighted by molar-refractivity contribution is 5.76. The first-order chi connectivity index (χ1) is 10.2. The third-order valence-electron chi connectivity index (χ3n) is 3.35. The highest BCUT2D eigenvalue weighted by Gasteiger charge is 2.05. The third-order valence-corrected chi connectivity index (χ3v) is 3.35. The van der Waals surface area contributed by atoms with Crippen molar-refractivity contribution in [3.63, 3.8) is 0 Å². The lowest BCUT2D eigenvalue weighted by molar-refractivity contribution is -0.143. The maximum absolute atomic E-state index is 11.8. The number of hydrogen-bond donors (Lipinski definition) is 0. The van der Waals surface area contributed by atoms with Crippen molar-refractivity contribution in [2.45, 2.75) is 39.0 Å². The van der Waals surface area contributed by atoms with Gasteiger partial charge in [-0.2, -0.15) is 0 Å². The number of fused-ring (bicyclic) bond motifs is 1.